The van der Waals surface area contributed by atoms with Crippen LogP contribution in [-0.4, -0.2) is 145 Å². The first-order valence-corrected chi connectivity index (χ1v) is 22.0. The number of nitrogens with zero attached hydrogens (tertiary/aromatic N) is 7. The zero-order chi connectivity index (χ0) is 46.3. The highest BCUT2D eigenvalue weighted by atomic mass is 32.2. The molecule has 336 valence electrons. The Bertz CT molecular complexity index is 2400. The highest BCUT2D eigenvalue weighted by Gasteiger charge is 2.64. The van der Waals surface area contributed by atoms with E-state index in [1.54, 1.807) is 20.8 Å². The number of carboxylic acid groups (broad SMARTS) is 2. The van der Waals surface area contributed by atoms with Crippen molar-refractivity contribution in [3.05, 3.63) is 42.4 Å². The molecule has 3 aliphatic heterocycles. The van der Waals surface area contributed by atoms with Crippen molar-refractivity contribution in [2.45, 2.75) is 79.2 Å². The number of nitrogens with two attached hydrogens (primary N) is 2. The van der Waals surface area contributed by atoms with Crippen LogP contribution in [0.15, 0.2) is 41.1 Å². The Morgan fingerprint density at radius 2 is 1.74 bits per heavy atom. The number of aromatic hydroxyl groups is 2. The van der Waals surface area contributed by atoms with E-state index in [4.69, 9.17) is 21.1 Å². The van der Waals surface area contributed by atoms with Crippen LogP contribution in [-0.2, 0) is 38.8 Å². The lowest BCUT2D eigenvalue weighted by Gasteiger charge is -2.43. The summed E-state index contributed by atoms with van der Waals surface area (Å²) in [6.45, 7) is 7.14. The van der Waals surface area contributed by atoms with Crippen LogP contribution in [0.2, 0.25) is 0 Å². The number of β-lactam (4-membered cyclic amide) rings is 1. The number of carbonyl (C=O) groups excluding carboxylic acids is 4. The van der Waals surface area contributed by atoms with Crippen LogP contribution in [0.1, 0.15) is 52.1 Å². The Morgan fingerprint density at radius 3 is 2.29 bits per heavy atom. The summed E-state index contributed by atoms with van der Waals surface area (Å²) in [5, 5.41) is 59.4. The van der Waals surface area contributed by atoms with Crippen LogP contribution in [0.5, 0.6) is 11.6 Å². The Kier molecular flexibility index (Phi) is 16.2. The molecule has 7 rings (SSSR count). The molecular formula is C34H44N12O12S4. The molecule has 11 N–H and O–H groups in total. The minimum absolute atomic E-state index is 0.0428. The molecule has 0 aliphatic carbocycles. The van der Waals surface area contributed by atoms with Gasteiger partial charge < -0.3 is 46.6 Å². The molecule has 0 unspecified atom stereocenters. The number of nitrogens with one attached hydrogen (secondary N) is 3. The number of thioether (sulfide) groups is 1. The molecule has 0 spiro atoms. The number of sulfonamides is 1. The number of rotatable bonds is 9. The van der Waals surface area contributed by atoms with E-state index in [1.165, 1.54) is 65.3 Å². The lowest BCUT2D eigenvalue weighted by atomic mass is 9.95. The number of hydrogen-bond acceptors (Lipinski definition) is 19. The number of phenols is 1. The maximum absolute atomic E-state index is 12.3. The van der Waals surface area contributed by atoms with Gasteiger partial charge in [0, 0.05) is 29.9 Å². The molecule has 3 fully saturated rings. The summed E-state index contributed by atoms with van der Waals surface area (Å²) >= 11 is 6.09. The monoisotopic (exact) mass is 940 g/mol. The number of H-pyrrole nitrogens is 1. The van der Waals surface area contributed by atoms with Crippen molar-refractivity contribution < 1.29 is 57.6 Å². The van der Waals surface area contributed by atoms with Gasteiger partial charge in [0.2, 0.25) is 39.0 Å². The Labute approximate surface area is 366 Å². The Morgan fingerprint density at radius 1 is 1.08 bits per heavy atom. The molecule has 6 atom stereocenters. The number of benzene rings is 1. The number of aliphatic carboxylic acids is 2. The molecule has 4 amide bonds. The van der Waals surface area contributed by atoms with E-state index >= 15 is 0 Å². The van der Waals surface area contributed by atoms with Gasteiger partial charge in [0.15, 0.2) is 5.65 Å². The van der Waals surface area contributed by atoms with Gasteiger partial charge in [0.05, 0.1) is 6.20 Å². The minimum Gasteiger partial charge on any atom is -0.508 e. The molecule has 3 aliphatic rings. The molecule has 1 aromatic carbocycles. The van der Waals surface area contributed by atoms with Crippen LogP contribution in [0.4, 0.5) is 5.13 Å². The summed E-state index contributed by atoms with van der Waals surface area (Å²) < 4.78 is 20.4. The number of thiol groups is 1. The highest BCUT2D eigenvalue weighted by Crippen LogP contribution is 2.50. The Balaban J connectivity index is 0.000000195. The van der Waals surface area contributed by atoms with Crippen LogP contribution in [0.25, 0.3) is 11.0 Å². The number of likely N-dealkylation sites (tertiary alicyclic amines) is 1. The second kappa shape index (κ2) is 20.5. The second-order valence-corrected chi connectivity index (χ2v) is 19.0. The predicted octanol–water partition coefficient (Wildman–Crippen LogP) is -0.146. The van der Waals surface area contributed by atoms with Gasteiger partial charge in [-0.3, -0.25) is 24.3 Å². The SMILES string of the molecule is CC(=O)Nc1nnc(S(N)(=O)=O)s1.CC1(C)S[C@@H]2[C@H](NC(=O)[C@H](N)c3ccc(O)cc3)C(=O)N2[C@H]1C(=O)O.C[C@H](CS)C(=O)N1CCC[C@H]1C(=O)O.Oc1ncnc2[nH]ncc12. The molecule has 6 heterocycles. The van der Waals surface area contributed by atoms with E-state index in [1.807, 2.05) is 0 Å². The van der Waals surface area contributed by atoms with Crippen LogP contribution < -0.4 is 21.5 Å². The van der Waals surface area contributed by atoms with Crippen molar-refractivity contribution in [2.24, 2.45) is 16.8 Å². The number of primary sulfonamides is 1. The third-order valence-electron chi connectivity index (χ3n) is 9.18. The number of amides is 4. The summed E-state index contributed by atoms with van der Waals surface area (Å²) in [5.41, 5.74) is 6.96. The standard InChI is InChI=1S/C16H19N3O5S.C9H15NO3S.C5H4N4O.C4H6N4O3S2/c1-16(2)11(15(23)24)19-13(22)10(14(19)25-16)18-12(21)9(17)7-3-5-8(20)6-4-7;1-6(5-14)8(11)10-4-2-3-7(10)9(12)13;10-5-3-1-8-9-4(3)6-2-7-5;1-2(9)6-3-7-8-4(12-3)13(5,10)11/h3-6,9-11,14,20H,17H2,1-2H3,(H,18,21)(H,23,24);6-7,14H,2-5H2,1H3,(H,12,13);1-2H,(H2,6,7,8,9,10);1H3,(H2,5,10,11)(H,6,7,9)/t9-,10-,11+,14-;6-,7+;;/m11../s1. The van der Waals surface area contributed by atoms with E-state index in [9.17, 15) is 47.4 Å². The van der Waals surface area contributed by atoms with Crippen molar-refractivity contribution in [3.63, 3.8) is 0 Å². The molecule has 0 bridgehead atoms. The predicted molar refractivity (Wildman–Crippen MR) is 225 cm³/mol. The van der Waals surface area contributed by atoms with E-state index in [0.717, 1.165) is 6.42 Å². The number of anilines is 1. The number of aromatic amines is 1. The van der Waals surface area contributed by atoms with Crippen molar-refractivity contribution in [3.8, 4) is 11.6 Å². The molecule has 0 saturated carbocycles. The van der Waals surface area contributed by atoms with Gasteiger partial charge >= 0.3 is 11.9 Å². The van der Waals surface area contributed by atoms with Gasteiger partial charge in [-0.05, 0) is 44.4 Å². The number of phenolic OH excluding ortho intramolecular Hbond substituents is 1. The van der Waals surface area contributed by atoms with Gasteiger partial charge in [0.1, 0.15) is 47.0 Å². The third-order valence-corrected chi connectivity index (χ3v) is 13.5. The van der Waals surface area contributed by atoms with Crippen molar-refractivity contribution in [1.82, 2.24) is 45.5 Å². The summed E-state index contributed by atoms with van der Waals surface area (Å²) in [7, 11) is -3.82. The summed E-state index contributed by atoms with van der Waals surface area (Å²) in [6, 6.07) is 2.59. The van der Waals surface area contributed by atoms with E-state index in [2.05, 4.69) is 53.6 Å². The maximum atomic E-state index is 12.3. The fraction of sp³-hybridized carbons (Fsp3) is 0.441. The van der Waals surface area contributed by atoms with Gasteiger partial charge in [-0.1, -0.05) is 30.4 Å². The first-order valence-electron chi connectivity index (χ1n) is 18.2. The molecule has 3 saturated heterocycles. The zero-order valence-corrected chi connectivity index (χ0v) is 36.6. The largest absolute Gasteiger partial charge is 0.508 e. The highest BCUT2D eigenvalue weighted by molar-refractivity contribution is 8.01. The zero-order valence-electron chi connectivity index (χ0n) is 33.3. The van der Waals surface area contributed by atoms with Gasteiger partial charge in [-0.2, -0.15) is 17.7 Å². The number of aromatic nitrogens is 6. The number of fused-ring (bicyclic) bond motifs is 2. The second-order valence-electron chi connectivity index (χ2n) is 14.2. The van der Waals surface area contributed by atoms with E-state index < -0.39 is 68.1 Å². The normalized spacial score (nSPS) is 20.7. The van der Waals surface area contributed by atoms with Crippen molar-refractivity contribution >= 4 is 97.5 Å². The Hall–Kier alpha value is -5.68. The van der Waals surface area contributed by atoms with E-state index in [0.29, 0.717) is 46.7 Å². The maximum Gasteiger partial charge on any atom is 0.327 e. The molecule has 28 heteroatoms. The number of hydrogen-bond donors (Lipinski definition) is 10. The fourth-order valence-corrected chi connectivity index (χ4v) is 9.31. The smallest absolute Gasteiger partial charge is 0.327 e. The number of carbonyl (C=O) groups is 6. The molecule has 4 aromatic rings. The van der Waals surface area contributed by atoms with Crippen LogP contribution in [0, 0.1) is 5.92 Å². The average molecular weight is 941 g/mol. The summed E-state index contributed by atoms with van der Waals surface area (Å²) in [4.78, 5) is 79.3. The summed E-state index contributed by atoms with van der Waals surface area (Å²) in [5.74, 6) is -3.06. The first kappa shape index (κ1) is 49.0. The lowest BCUT2D eigenvalue weighted by molar-refractivity contribution is -0.161. The van der Waals surface area contributed by atoms with Crippen molar-refractivity contribution in [1.29, 1.82) is 0 Å². The molecular weight excluding hydrogens is 897 g/mol. The lowest BCUT2D eigenvalue weighted by Crippen LogP contribution is -2.71. The third kappa shape index (κ3) is 11.8. The molecule has 24 nitrogen and oxygen atoms in total. The van der Waals surface area contributed by atoms with Crippen LogP contribution in [0.3, 0.4) is 0 Å². The quantitative estimate of drug-likeness (QED) is 0.0593. The average Bonchev–Trinajstić information content (AvgIpc) is 4.03. The minimum atomic E-state index is -3.82. The molecule has 62 heavy (non-hydrogen) atoms. The summed E-state index contributed by atoms with van der Waals surface area (Å²) in [6.07, 6.45) is 4.10. The van der Waals surface area contributed by atoms with Gasteiger partial charge in [0.25, 0.3) is 10.0 Å². The van der Waals surface area contributed by atoms with Gasteiger partial charge in [-0.25, -0.2) is 33.1 Å². The first-order chi connectivity index (χ1) is 29.0. The number of carboxylic acids is 2. The van der Waals surface area contributed by atoms with Crippen molar-refractivity contribution in [2.75, 3.05) is 17.6 Å². The molecule has 3 aromatic heterocycles. The van der Waals surface area contributed by atoms with Crippen LogP contribution >= 0.6 is 35.7 Å². The van der Waals surface area contributed by atoms with E-state index in [-0.39, 0.29) is 38.8 Å². The fourth-order valence-electron chi connectivity index (χ4n) is 6.15. The van der Waals surface area contributed by atoms with Gasteiger partial charge in [-0.15, -0.1) is 22.0 Å². The topological polar surface area (TPSA) is 380 Å². The molecule has 0 radical (unpaired) electrons.